The molecule has 0 aliphatic carbocycles. The van der Waals surface area contributed by atoms with Crippen LogP contribution in [0.15, 0.2) is 0 Å². The molecule has 5 nitrogen and oxygen atoms in total. The van der Waals surface area contributed by atoms with Gasteiger partial charge in [-0.3, -0.25) is 4.79 Å². The number of anilines is 1. The number of aromatic nitrogens is 1. The van der Waals surface area contributed by atoms with Crippen LogP contribution in [0, 0.1) is 23.2 Å². The van der Waals surface area contributed by atoms with Gasteiger partial charge in [0.05, 0.1) is 0 Å². The molecular formula is C15H21ClN4OS. The third-order valence-corrected chi connectivity index (χ3v) is 5.20. The summed E-state index contributed by atoms with van der Waals surface area (Å²) in [6.07, 6.45) is 2.61. The van der Waals surface area contributed by atoms with Crippen LogP contribution in [0.3, 0.4) is 0 Å². The van der Waals surface area contributed by atoms with Crippen LogP contribution in [0.5, 0.6) is 0 Å². The van der Waals surface area contributed by atoms with Crippen molar-refractivity contribution in [2.45, 2.75) is 33.1 Å². The molecule has 1 N–H and O–H groups in total. The molecule has 0 unspecified atom stereocenters. The summed E-state index contributed by atoms with van der Waals surface area (Å²) in [4.78, 5) is 14.2. The second-order valence-electron chi connectivity index (χ2n) is 6.00. The minimum Gasteiger partial charge on any atom is -0.361 e. The minimum atomic E-state index is 0.0670. The Labute approximate surface area is 140 Å². The van der Waals surface area contributed by atoms with E-state index < -0.39 is 0 Å². The molecule has 22 heavy (non-hydrogen) atoms. The highest BCUT2D eigenvalue weighted by Crippen LogP contribution is 2.33. The van der Waals surface area contributed by atoms with Crippen molar-refractivity contribution in [2.24, 2.45) is 11.8 Å². The Morgan fingerprint density at radius 3 is 2.82 bits per heavy atom. The largest absolute Gasteiger partial charge is 0.361 e. The maximum Gasteiger partial charge on any atom is 0.223 e. The molecule has 7 heteroatoms. The maximum absolute atomic E-state index is 12.1. The van der Waals surface area contributed by atoms with E-state index in [1.165, 1.54) is 11.5 Å². The first-order valence-electron chi connectivity index (χ1n) is 7.60. The smallest absolute Gasteiger partial charge is 0.223 e. The highest BCUT2D eigenvalue weighted by molar-refractivity contribution is 7.10. The van der Waals surface area contributed by atoms with E-state index in [1.54, 1.807) is 0 Å². The number of nitrogens with zero attached hydrogens (tertiary/aromatic N) is 3. The first kappa shape index (κ1) is 17.0. The Balaban J connectivity index is 1.85. The third-order valence-electron chi connectivity index (χ3n) is 3.92. The Morgan fingerprint density at radius 2 is 2.23 bits per heavy atom. The fourth-order valence-electron chi connectivity index (χ4n) is 2.55. The Bertz CT molecular complexity index is 558. The van der Waals surface area contributed by atoms with Crippen molar-refractivity contribution in [2.75, 3.05) is 24.5 Å². The average Bonchev–Trinajstić information content (AvgIpc) is 2.87. The molecule has 0 atom stereocenters. The monoisotopic (exact) mass is 340 g/mol. The second-order valence-corrected chi connectivity index (χ2v) is 7.11. The van der Waals surface area contributed by atoms with E-state index in [9.17, 15) is 4.79 Å². The van der Waals surface area contributed by atoms with Crippen LogP contribution in [0.25, 0.3) is 0 Å². The van der Waals surface area contributed by atoms with Gasteiger partial charge in [0.1, 0.15) is 16.6 Å². The van der Waals surface area contributed by atoms with Crippen molar-refractivity contribution in [1.82, 2.24) is 9.69 Å². The van der Waals surface area contributed by atoms with Gasteiger partial charge in [-0.2, -0.15) is 9.64 Å². The normalized spacial score (nSPS) is 15.9. The zero-order valence-corrected chi connectivity index (χ0v) is 14.5. The predicted molar refractivity (Wildman–Crippen MR) is 89.2 cm³/mol. The number of rotatable bonds is 5. The summed E-state index contributed by atoms with van der Waals surface area (Å²) in [5, 5.41) is 13.3. The molecule has 1 fully saturated rings. The maximum atomic E-state index is 12.1. The Morgan fingerprint density at radius 1 is 1.55 bits per heavy atom. The molecule has 1 aliphatic heterocycles. The van der Waals surface area contributed by atoms with E-state index in [2.05, 4.69) is 34.5 Å². The molecule has 1 aromatic heterocycles. The zero-order chi connectivity index (χ0) is 16.1. The molecule has 1 saturated heterocycles. The summed E-state index contributed by atoms with van der Waals surface area (Å²) in [7, 11) is 0. The quantitative estimate of drug-likeness (QED) is 0.894. The summed E-state index contributed by atoms with van der Waals surface area (Å²) < 4.78 is 4.04. The number of nitrogens with one attached hydrogen (secondary N) is 1. The zero-order valence-electron chi connectivity index (χ0n) is 12.9. The highest BCUT2D eigenvalue weighted by Gasteiger charge is 2.27. The topological polar surface area (TPSA) is 69.0 Å². The fraction of sp³-hybridized carbons (Fsp3) is 0.667. The van der Waals surface area contributed by atoms with Crippen molar-refractivity contribution in [1.29, 1.82) is 5.26 Å². The molecular weight excluding hydrogens is 320 g/mol. The highest BCUT2D eigenvalue weighted by atomic mass is 35.5. The molecule has 0 bridgehead atoms. The molecule has 1 amide bonds. The van der Waals surface area contributed by atoms with Crippen LogP contribution in [-0.2, 0) is 4.79 Å². The van der Waals surface area contributed by atoms with Gasteiger partial charge >= 0.3 is 0 Å². The van der Waals surface area contributed by atoms with Gasteiger partial charge < -0.3 is 10.2 Å². The van der Waals surface area contributed by atoms with E-state index in [-0.39, 0.29) is 17.0 Å². The molecule has 1 aromatic rings. The van der Waals surface area contributed by atoms with Gasteiger partial charge in [-0.15, -0.1) is 0 Å². The van der Waals surface area contributed by atoms with Crippen molar-refractivity contribution < 1.29 is 4.79 Å². The van der Waals surface area contributed by atoms with Crippen molar-refractivity contribution in [3.05, 3.63) is 10.7 Å². The molecule has 2 rings (SSSR count). The fourth-order valence-corrected chi connectivity index (χ4v) is 3.63. The molecule has 0 radical (unpaired) electrons. The van der Waals surface area contributed by atoms with Gasteiger partial charge in [-0.25, -0.2) is 0 Å². The van der Waals surface area contributed by atoms with Crippen molar-refractivity contribution >= 4 is 34.0 Å². The minimum absolute atomic E-state index is 0.0670. The average molecular weight is 341 g/mol. The predicted octanol–water partition coefficient (Wildman–Crippen LogP) is 3.05. The lowest BCUT2D eigenvalue weighted by molar-refractivity contribution is -0.125. The Kier molecular flexibility index (Phi) is 6.04. The number of hydrogen-bond donors (Lipinski definition) is 1. The van der Waals surface area contributed by atoms with E-state index in [4.69, 9.17) is 16.9 Å². The van der Waals surface area contributed by atoms with Gasteiger partial charge in [0.15, 0.2) is 5.15 Å². The molecule has 1 aliphatic rings. The molecule has 0 saturated carbocycles. The summed E-state index contributed by atoms with van der Waals surface area (Å²) in [5.74, 6) is 0.822. The van der Waals surface area contributed by atoms with Gasteiger partial charge in [-0.05, 0) is 36.7 Å². The SMILES string of the molecule is CC(C)CCNC(=O)C1CCN(c2snc(Cl)c2C#N)CC1. The van der Waals surface area contributed by atoms with Crippen molar-refractivity contribution in [3.8, 4) is 6.07 Å². The second kappa shape index (κ2) is 7.80. The number of halogens is 1. The molecule has 0 spiro atoms. The number of piperidine rings is 1. The van der Waals surface area contributed by atoms with Gasteiger partial charge in [0.25, 0.3) is 0 Å². The first-order chi connectivity index (χ1) is 10.5. The lowest BCUT2D eigenvalue weighted by Gasteiger charge is -2.31. The molecule has 120 valence electrons. The lowest BCUT2D eigenvalue weighted by atomic mass is 9.96. The number of carbonyl (C=O) groups is 1. The van der Waals surface area contributed by atoms with Crippen LogP contribution in [0.4, 0.5) is 5.00 Å². The van der Waals surface area contributed by atoms with Crippen LogP contribution in [-0.4, -0.2) is 29.9 Å². The third kappa shape index (κ3) is 4.11. The van der Waals surface area contributed by atoms with Crippen LogP contribution in [0.2, 0.25) is 5.15 Å². The van der Waals surface area contributed by atoms with Gasteiger partial charge in [0.2, 0.25) is 5.91 Å². The number of hydrogen-bond acceptors (Lipinski definition) is 5. The standard InChI is InChI=1S/C15H21ClN4OS/c1-10(2)3-6-18-14(21)11-4-7-20(8-5-11)15-12(9-17)13(16)19-22-15/h10-11H,3-8H2,1-2H3,(H,18,21). The van der Waals surface area contributed by atoms with Gasteiger partial charge in [0, 0.05) is 25.6 Å². The Hall–Kier alpha value is -1.32. The number of carbonyl (C=O) groups excluding carboxylic acids is 1. The van der Waals surface area contributed by atoms with Crippen LogP contribution < -0.4 is 10.2 Å². The molecule has 0 aromatic carbocycles. The van der Waals surface area contributed by atoms with Crippen molar-refractivity contribution in [3.63, 3.8) is 0 Å². The van der Waals surface area contributed by atoms with E-state index in [0.29, 0.717) is 11.5 Å². The first-order valence-corrected chi connectivity index (χ1v) is 8.76. The summed E-state index contributed by atoms with van der Waals surface area (Å²) in [6.45, 7) is 6.57. The molecule has 2 heterocycles. The number of nitriles is 1. The number of amides is 1. The van der Waals surface area contributed by atoms with Gasteiger partial charge in [-0.1, -0.05) is 25.4 Å². The van der Waals surface area contributed by atoms with E-state index in [1.807, 2.05) is 0 Å². The summed E-state index contributed by atoms with van der Waals surface area (Å²) in [5.41, 5.74) is 0.450. The summed E-state index contributed by atoms with van der Waals surface area (Å²) >= 11 is 7.17. The van der Waals surface area contributed by atoms with Crippen LogP contribution in [0.1, 0.15) is 38.7 Å². The summed E-state index contributed by atoms with van der Waals surface area (Å²) in [6, 6.07) is 2.11. The van der Waals surface area contributed by atoms with E-state index in [0.717, 1.165) is 43.9 Å². The van der Waals surface area contributed by atoms with E-state index >= 15 is 0 Å². The van der Waals surface area contributed by atoms with Crippen LogP contribution >= 0.6 is 23.1 Å². The lowest BCUT2D eigenvalue weighted by Crippen LogP contribution is -2.40.